The molecule has 226 valence electrons. The predicted octanol–water partition coefficient (Wildman–Crippen LogP) is 5.31. The number of carbonyl (C=O) groups excluding carboxylic acids is 1. The van der Waals surface area contributed by atoms with Gasteiger partial charge in [-0.25, -0.2) is 8.78 Å². The number of ether oxygens (including phenoxy) is 1. The molecule has 2 saturated heterocycles. The van der Waals surface area contributed by atoms with Crippen molar-refractivity contribution in [2.24, 2.45) is 0 Å². The number of amides is 1. The van der Waals surface area contributed by atoms with Crippen LogP contribution in [0.4, 0.5) is 14.6 Å². The molecule has 4 aromatic rings. The van der Waals surface area contributed by atoms with Gasteiger partial charge in [0.15, 0.2) is 5.82 Å². The van der Waals surface area contributed by atoms with Crippen molar-refractivity contribution >= 4 is 45.1 Å². The lowest BCUT2D eigenvalue weighted by Gasteiger charge is -2.44. The Balaban J connectivity index is 1.45. The Kier molecular flexibility index (Phi) is 7.50. The summed E-state index contributed by atoms with van der Waals surface area (Å²) in [7, 11) is 0. The number of nitrogens with one attached hydrogen (secondary N) is 1. The summed E-state index contributed by atoms with van der Waals surface area (Å²) < 4.78 is 36.7. The van der Waals surface area contributed by atoms with Crippen LogP contribution in [0.1, 0.15) is 26.3 Å². The molecule has 2 aromatic heterocycles. The largest absolute Gasteiger partial charge is 0.462 e. The van der Waals surface area contributed by atoms with Gasteiger partial charge in [-0.05, 0) is 51.5 Å². The molecular weight excluding hydrogens is 576 g/mol. The molecule has 9 nitrogen and oxygen atoms in total. The number of hydrogen-bond acceptors (Lipinski definition) is 7. The number of aromatic amines is 1. The number of likely N-dealkylation sites (tertiary alicyclic amines) is 1. The molecule has 2 atom stereocenters. The second-order valence-corrected chi connectivity index (χ2v) is 12.3. The predicted molar refractivity (Wildman–Crippen MR) is 164 cm³/mol. The number of carbonyl (C=O) groups is 1. The number of aromatic nitrogens is 4. The number of alkyl halides is 1. The van der Waals surface area contributed by atoms with Crippen molar-refractivity contribution < 1.29 is 18.3 Å². The lowest BCUT2D eigenvalue weighted by Crippen LogP contribution is -2.58. The first-order valence-corrected chi connectivity index (χ1v) is 14.7. The van der Waals surface area contributed by atoms with Crippen molar-refractivity contribution in [2.45, 2.75) is 45.4 Å². The van der Waals surface area contributed by atoms with E-state index in [9.17, 15) is 9.18 Å². The van der Waals surface area contributed by atoms with Gasteiger partial charge in [0, 0.05) is 66.7 Å². The number of rotatable bonds is 7. The van der Waals surface area contributed by atoms with E-state index in [2.05, 4.69) is 21.8 Å². The highest BCUT2D eigenvalue weighted by Crippen LogP contribution is 2.42. The van der Waals surface area contributed by atoms with Crippen LogP contribution in [0.5, 0.6) is 6.01 Å². The third-order valence-electron chi connectivity index (χ3n) is 8.39. The zero-order valence-electron chi connectivity index (χ0n) is 24.6. The number of hydrogen-bond donors (Lipinski definition) is 1. The minimum absolute atomic E-state index is 0.0147. The van der Waals surface area contributed by atoms with Gasteiger partial charge >= 0.3 is 6.01 Å². The molecule has 4 heterocycles. The molecule has 2 aliphatic rings. The van der Waals surface area contributed by atoms with Crippen molar-refractivity contribution in [2.75, 3.05) is 44.2 Å². The molecule has 0 saturated carbocycles. The Labute approximate surface area is 253 Å². The van der Waals surface area contributed by atoms with Gasteiger partial charge in [0.05, 0.1) is 16.7 Å². The quantitative estimate of drug-likeness (QED) is 0.284. The number of H-pyrrole nitrogens is 1. The van der Waals surface area contributed by atoms with E-state index in [1.807, 2.05) is 42.7 Å². The first-order chi connectivity index (χ1) is 20.5. The number of benzene rings is 2. The molecule has 1 N–H and O–H groups in total. The van der Waals surface area contributed by atoms with Crippen LogP contribution in [0.15, 0.2) is 37.1 Å². The lowest BCUT2D eigenvalue weighted by atomic mass is 9.95. The first-order valence-electron chi connectivity index (χ1n) is 14.3. The third-order valence-corrected chi connectivity index (χ3v) is 8.68. The maximum Gasteiger partial charge on any atom is 0.319 e. The zero-order valence-corrected chi connectivity index (χ0v) is 25.4. The van der Waals surface area contributed by atoms with Crippen LogP contribution in [-0.4, -0.2) is 93.0 Å². The number of nitrogens with zero attached hydrogens (tertiary/aromatic N) is 6. The van der Waals surface area contributed by atoms with E-state index < -0.39 is 11.5 Å². The van der Waals surface area contributed by atoms with Gasteiger partial charge in [0.2, 0.25) is 5.91 Å². The fourth-order valence-corrected chi connectivity index (χ4v) is 6.57. The van der Waals surface area contributed by atoms with Gasteiger partial charge < -0.3 is 14.5 Å². The van der Waals surface area contributed by atoms with Crippen LogP contribution < -0.4 is 9.64 Å². The van der Waals surface area contributed by atoms with E-state index in [-0.39, 0.29) is 46.7 Å². The molecule has 1 amide bonds. The van der Waals surface area contributed by atoms with Crippen LogP contribution in [-0.2, 0) is 4.79 Å². The smallest absolute Gasteiger partial charge is 0.319 e. The summed E-state index contributed by atoms with van der Waals surface area (Å²) >= 11 is 6.87. The highest BCUT2D eigenvalue weighted by atomic mass is 35.5. The summed E-state index contributed by atoms with van der Waals surface area (Å²) in [5.74, 6) is -0.269. The van der Waals surface area contributed by atoms with E-state index in [1.54, 1.807) is 24.1 Å². The summed E-state index contributed by atoms with van der Waals surface area (Å²) in [6.45, 7) is 13.3. The molecule has 2 aliphatic heterocycles. The Bertz CT molecular complexity index is 1730. The Morgan fingerprint density at radius 1 is 1.21 bits per heavy atom. The van der Waals surface area contributed by atoms with Crippen molar-refractivity contribution in [3.8, 4) is 17.1 Å². The number of halogens is 3. The van der Waals surface area contributed by atoms with E-state index in [1.165, 1.54) is 6.08 Å². The van der Waals surface area contributed by atoms with Crippen LogP contribution in [0.2, 0.25) is 5.02 Å². The third kappa shape index (κ3) is 5.29. The summed E-state index contributed by atoms with van der Waals surface area (Å²) in [6.07, 6.45) is 2.97. The number of fused-ring (bicyclic) bond motifs is 2. The van der Waals surface area contributed by atoms with E-state index in [0.717, 1.165) is 16.5 Å². The van der Waals surface area contributed by atoms with Crippen LogP contribution in [0, 0.1) is 12.7 Å². The number of aryl methyl sites for hydroxylation is 1. The number of anilines is 1. The van der Waals surface area contributed by atoms with E-state index in [0.29, 0.717) is 49.5 Å². The molecule has 12 heteroatoms. The fourth-order valence-electron chi connectivity index (χ4n) is 6.29. The van der Waals surface area contributed by atoms with Crippen molar-refractivity contribution in [1.82, 2.24) is 30.0 Å². The molecule has 0 unspecified atom stereocenters. The molecule has 2 aromatic carbocycles. The van der Waals surface area contributed by atoms with Gasteiger partial charge in [-0.15, -0.1) is 0 Å². The highest BCUT2D eigenvalue weighted by molar-refractivity contribution is 6.35. The standard InChI is InChI=1S/C31H34ClF2N7O2/c1-6-24(42)40-13-19(4)41(14-18(40)3)29-20-11-22(32)26(25-17(2)7-8-23-21(25)12-35-38-23)27(33)28(20)36-30(37-29)43-10-9-39-15-31(5,34)16-39/h6-8,11-12,18-19H,1,9-10,13-16H2,2-5H3,(H,35,38)/t18-,19+/m1/s1. The van der Waals surface area contributed by atoms with E-state index in [4.69, 9.17) is 21.3 Å². The van der Waals surface area contributed by atoms with Crippen molar-refractivity contribution in [1.29, 1.82) is 0 Å². The fraction of sp³-hybridized carbons (Fsp3) is 0.419. The molecule has 0 aliphatic carbocycles. The molecule has 6 rings (SSSR count). The van der Waals surface area contributed by atoms with E-state index >= 15 is 4.39 Å². The van der Waals surface area contributed by atoms with Crippen LogP contribution in [0.3, 0.4) is 0 Å². The van der Waals surface area contributed by atoms with Crippen LogP contribution >= 0.6 is 11.6 Å². The SMILES string of the molecule is C=CC(=O)N1C[C@H](C)N(c2nc(OCCN3CC(C)(F)C3)nc3c(F)c(-c4c(C)ccc5[nH]ncc45)c(Cl)cc23)C[C@H]1C. The summed E-state index contributed by atoms with van der Waals surface area (Å²) in [4.78, 5) is 27.5. The van der Waals surface area contributed by atoms with Gasteiger partial charge in [-0.2, -0.15) is 15.1 Å². The summed E-state index contributed by atoms with van der Waals surface area (Å²) in [5.41, 5.74) is 1.32. The number of piperazine rings is 1. The maximum absolute atomic E-state index is 16.8. The van der Waals surface area contributed by atoms with Gasteiger partial charge in [-0.3, -0.25) is 14.8 Å². The Hall–Kier alpha value is -3.83. The van der Waals surface area contributed by atoms with Crippen LogP contribution in [0.25, 0.3) is 32.9 Å². The average molecular weight is 610 g/mol. The maximum atomic E-state index is 16.8. The minimum Gasteiger partial charge on any atom is -0.462 e. The second kappa shape index (κ2) is 11.0. The topological polar surface area (TPSA) is 90.5 Å². The Morgan fingerprint density at radius 3 is 2.70 bits per heavy atom. The Morgan fingerprint density at radius 2 is 1.98 bits per heavy atom. The van der Waals surface area contributed by atoms with Gasteiger partial charge in [0.1, 0.15) is 23.6 Å². The molecule has 2 fully saturated rings. The minimum atomic E-state index is -1.19. The molecule has 0 bridgehead atoms. The lowest BCUT2D eigenvalue weighted by molar-refractivity contribution is -0.128. The van der Waals surface area contributed by atoms with Crippen molar-refractivity contribution in [3.05, 3.63) is 53.5 Å². The molecular formula is C31H34ClF2N7O2. The first kappa shape index (κ1) is 29.3. The highest BCUT2D eigenvalue weighted by Gasteiger charge is 2.38. The zero-order chi connectivity index (χ0) is 30.6. The van der Waals surface area contributed by atoms with Gasteiger partial charge in [0.25, 0.3) is 0 Å². The normalized spacial score (nSPS) is 20.4. The molecule has 43 heavy (non-hydrogen) atoms. The summed E-state index contributed by atoms with van der Waals surface area (Å²) in [6, 6.07) is 5.19. The monoisotopic (exact) mass is 609 g/mol. The molecule has 0 radical (unpaired) electrons. The molecule has 0 spiro atoms. The van der Waals surface area contributed by atoms with Crippen molar-refractivity contribution in [3.63, 3.8) is 0 Å². The summed E-state index contributed by atoms with van der Waals surface area (Å²) in [5, 5.41) is 8.48. The average Bonchev–Trinajstić information content (AvgIpc) is 3.43. The van der Waals surface area contributed by atoms with Gasteiger partial charge in [-0.1, -0.05) is 24.2 Å². The second-order valence-electron chi connectivity index (χ2n) is 11.9.